The molecule has 1 atom stereocenters. The van der Waals surface area contributed by atoms with Crippen molar-refractivity contribution in [3.05, 3.63) is 0 Å². The molecular weight excluding hydrogens is 210 g/mol. The molecule has 0 amide bonds. The van der Waals surface area contributed by atoms with E-state index in [1.54, 1.807) is 0 Å². The highest BCUT2D eigenvalue weighted by Crippen LogP contribution is 2.31. The number of rotatable bonds is 4. The number of carbonyl (C=O) groups is 1. The van der Waals surface area contributed by atoms with Gasteiger partial charge in [0, 0.05) is 11.0 Å². The second-order valence-corrected chi connectivity index (χ2v) is 5.68. The lowest BCUT2D eigenvalue weighted by atomic mass is 9.91. The van der Waals surface area contributed by atoms with Gasteiger partial charge in [0.2, 0.25) is 0 Å². The summed E-state index contributed by atoms with van der Waals surface area (Å²) < 4.78 is 4.59. The fourth-order valence-corrected chi connectivity index (χ4v) is 3.08. The molecular formula is C11H21NO2S. The molecule has 4 heteroatoms. The zero-order chi connectivity index (χ0) is 11.3. The molecule has 0 aromatic rings. The third-order valence-corrected chi connectivity index (χ3v) is 4.47. The topological polar surface area (TPSA) is 52.3 Å². The molecule has 1 fully saturated rings. The maximum absolute atomic E-state index is 11.1. The minimum absolute atomic E-state index is 0.299. The van der Waals surface area contributed by atoms with Crippen LogP contribution in [0.5, 0.6) is 0 Å². The minimum atomic E-state index is -0.459. The summed E-state index contributed by atoms with van der Waals surface area (Å²) in [6, 6.07) is -0.459. The van der Waals surface area contributed by atoms with Crippen molar-refractivity contribution in [2.24, 2.45) is 11.7 Å². The number of hydrogen-bond donors (Lipinski definition) is 1. The van der Waals surface area contributed by atoms with Crippen LogP contribution in [0, 0.1) is 5.92 Å². The molecule has 0 aromatic heterocycles. The van der Waals surface area contributed by atoms with Crippen LogP contribution >= 0.6 is 11.8 Å². The van der Waals surface area contributed by atoms with Gasteiger partial charge in [-0.05, 0) is 31.6 Å². The molecule has 3 nitrogen and oxygen atoms in total. The van der Waals surface area contributed by atoms with E-state index in [0.717, 1.165) is 5.92 Å². The van der Waals surface area contributed by atoms with Crippen molar-refractivity contribution in [3.8, 4) is 0 Å². The van der Waals surface area contributed by atoms with Crippen molar-refractivity contribution in [1.29, 1.82) is 0 Å². The van der Waals surface area contributed by atoms with Gasteiger partial charge in [-0.3, -0.25) is 4.79 Å². The second-order valence-electron chi connectivity index (χ2n) is 4.34. The number of nitrogens with two attached hydrogens (primary N) is 1. The Bertz CT molecular complexity index is 203. The predicted molar refractivity (Wildman–Crippen MR) is 63.9 cm³/mol. The van der Waals surface area contributed by atoms with Crippen LogP contribution in [0.3, 0.4) is 0 Å². The fourth-order valence-electron chi connectivity index (χ4n) is 1.86. The third-order valence-electron chi connectivity index (χ3n) is 2.98. The molecule has 0 saturated heterocycles. The Morgan fingerprint density at radius 2 is 2.07 bits per heavy atom. The van der Waals surface area contributed by atoms with Crippen LogP contribution in [-0.2, 0) is 9.53 Å². The number of ether oxygens (including phenoxy) is 1. The lowest BCUT2D eigenvalue weighted by Crippen LogP contribution is -2.34. The van der Waals surface area contributed by atoms with E-state index in [9.17, 15) is 4.79 Å². The molecule has 0 aromatic carbocycles. The summed E-state index contributed by atoms with van der Waals surface area (Å²) in [4.78, 5) is 11.1. The van der Waals surface area contributed by atoms with Crippen LogP contribution in [0.2, 0.25) is 0 Å². The maximum atomic E-state index is 11.1. The smallest absolute Gasteiger partial charge is 0.323 e. The SMILES string of the molecule is COC(=O)C(N)CSC1CCC(C)CC1. The van der Waals surface area contributed by atoms with E-state index >= 15 is 0 Å². The molecule has 1 aliphatic rings. The van der Waals surface area contributed by atoms with E-state index in [0.29, 0.717) is 11.0 Å². The van der Waals surface area contributed by atoms with Gasteiger partial charge in [-0.25, -0.2) is 0 Å². The molecule has 1 rings (SSSR count). The van der Waals surface area contributed by atoms with Crippen molar-refractivity contribution < 1.29 is 9.53 Å². The molecule has 2 N–H and O–H groups in total. The van der Waals surface area contributed by atoms with E-state index in [4.69, 9.17) is 5.73 Å². The zero-order valence-electron chi connectivity index (χ0n) is 9.57. The van der Waals surface area contributed by atoms with Crippen molar-refractivity contribution in [2.75, 3.05) is 12.9 Å². The van der Waals surface area contributed by atoms with Crippen LogP contribution in [-0.4, -0.2) is 30.1 Å². The summed E-state index contributed by atoms with van der Waals surface area (Å²) in [6.45, 7) is 2.31. The summed E-state index contributed by atoms with van der Waals surface area (Å²) in [7, 11) is 1.38. The molecule has 0 bridgehead atoms. The van der Waals surface area contributed by atoms with Gasteiger partial charge in [0.15, 0.2) is 0 Å². The van der Waals surface area contributed by atoms with Crippen LogP contribution in [0.25, 0.3) is 0 Å². The summed E-state index contributed by atoms with van der Waals surface area (Å²) in [5, 5.41) is 0.692. The first kappa shape index (κ1) is 12.8. The molecule has 0 spiro atoms. The monoisotopic (exact) mass is 231 g/mol. The summed E-state index contributed by atoms with van der Waals surface area (Å²) in [5.41, 5.74) is 5.68. The van der Waals surface area contributed by atoms with Crippen LogP contribution in [0.1, 0.15) is 32.6 Å². The average molecular weight is 231 g/mol. The highest BCUT2D eigenvalue weighted by molar-refractivity contribution is 7.99. The molecule has 0 radical (unpaired) electrons. The Balaban J connectivity index is 2.17. The largest absolute Gasteiger partial charge is 0.468 e. The van der Waals surface area contributed by atoms with Crippen molar-refractivity contribution >= 4 is 17.7 Å². The number of hydrogen-bond acceptors (Lipinski definition) is 4. The van der Waals surface area contributed by atoms with Crippen LogP contribution < -0.4 is 5.73 Å². The van der Waals surface area contributed by atoms with Gasteiger partial charge in [0.05, 0.1) is 7.11 Å². The number of carbonyl (C=O) groups excluding carboxylic acids is 1. The number of esters is 1. The fraction of sp³-hybridized carbons (Fsp3) is 0.909. The molecule has 15 heavy (non-hydrogen) atoms. The van der Waals surface area contributed by atoms with E-state index in [1.165, 1.54) is 32.8 Å². The Kier molecular flexibility index (Phi) is 5.47. The Morgan fingerprint density at radius 3 is 2.60 bits per heavy atom. The van der Waals surface area contributed by atoms with Gasteiger partial charge >= 0.3 is 5.97 Å². The Morgan fingerprint density at radius 1 is 1.47 bits per heavy atom. The first-order valence-corrected chi connectivity index (χ1v) is 6.63. The average Bonchev–Trinajstić information content (AvgIpc) is 2.26. The van der Waals surface area contributed by atoms with Crippen molar-refractivity contribution in [3.63, 3.8) is 0 Å². The maximum Gasteiger partial charge on any atom is 0.323 e. The lowest BCUT2D eigenvalue weighted by molar-refractivity contribution is -0.141. The highest BCUT2D eigenvalue weighted by atomic mass is 32.2. The van der Waals surface area contributed by atoms with E-state index in [1.807, 2.05) is 11.8 Å². The van der Waals surface area contributed by atoms with Gasteiger partial charge in [-0.1, -0.05) is 6.92 Å². The molecule has 1 saturated carbocycles. The van der Waals surface area contributed by atoms with Crippen molar-refractivity contribution in [1.82, 2.24) is 0 Å². The number of methoxy groups -OCH3 is 1. The first-order chi connectivity index (χ1) is 7.13. The van der Waals surface area contributed by atoms with Gasteiger partial charge < -0.3 is 10.5 Å². The normalized spacial score (nSPS) is 28.5. The molecule has 0 aliphatic heterocycles. The summed E-state index contributed by atoms with van der Waals surface area (Å²) >= 11 is 1.83. The second kappa shape index (κ2) is 6.38. The molecule has 0 heterocycles. The minimum Gasteiger partial charge on any atom is -0.468 e. The number of thioether (sulfide) groups is 1. The van der Waals surface area contributed by atoms with Crippen LogP contribution in [0.15, 0.2) is 0 Å². The molecule has 1 unspecified atom stereocenters. The first-order valence-electron chi connectivity index (χ1n) is 5.58. The molecule has 88 valence electrons. The quantitative estimate of drug-likeness (QED) is 0.750. The zero-order valence-corrected chi connectivity index (χ0v) is 10.4. The molecule has 1 aliphatic carbocycles. The van der Waals surface area contributed by atoms with E-state index in [-0.39, 0.29) is 5.97 Å². The van der Waals surface area contributed by atoms with Crippen molar-refractivity contribution in [2.45, 2.75) is 43.9 Å². The summed E-state index contributed by atoms with van der Waals surface area (Å²) in [5.74, 6) is 1.26. The van der Waals surface area contributed by atoms with E-state index < -0.39 is 6.04 Å². The standard InChI is InChI=1S/C11H21NO2S/c1-8-3-5-9(6-4-8)15-7-10(12)11(13)14-2/h8-10H,3-7,12H2,1-2H3. The van der Waals surface area contributed by atoms with Gasteiger partial charge in [0.1, 0.15) is 6.04 Å². The predicted octanol–water partition coefficient (Wildman–Crippen LogP) is 1.80. The Hall–Kier alpha value is -0.220. The third kappa shape index (κ3) is 4.43. The van der Waals surface area contributed by atoms with Crippen LogP contribution in [0.4, 0.5) is 0 Å². The highest BCUT2D eigenvalue weighted by Gasteiger charge is 2.21. The Labute approximate surface area is 96.1 Å². The van der Waals surface area contributed by atoms with Gasteiger partial charge in [-0.15, -0.1) is 0 Å². The van der Waals surface area contributed by atoms with Gasteiger partial charge in [-0.2, -0.15) is 11.8 Å². The van der Waals surface area contributed by atoms with Gasteiger partial charge in [0.25, 0.3) is 0 Å². The lowest BCUT2D eigenvalue weighted by Gasteiger charge is -2.26. The van der Waals surface area contributed by atoms with E-state index in [2.05, 4.69) is 11.7 Å². The summed E-state index contributed by atoms with van der Waals surface area (Å²) in [6.07, 6.45) is 5.15.